The van der Waals surface area contributed by atoms with Gasteiger partial charge < -0.3 is 10.4 Å². The van der Waals surface area contributed by atoms with E-state index in [9.17, 15) is 9.90 Å². The van der Waals surface area contributed by atoms with Crippen molar-refractivity contribution in [2.45, 2.75) is 27.7 Å². The summed E-state index contributed by atoms with van der Waals surface area (Å²) in [5.41, 5.74) is 7.37. The van der Waals surface area contributed by atoms with Crippen molar-refractivity contribution in [3.8, 4) is 11.1 Å². The lowest BCUT2D eigenvalue weighted by atomic mass is 9.96. The number of aromatic carboxylic acids is 1. The van der Waals surface area contributed by atoms with Gasteiger partial charge in [0.15, 0.2) is 11.3 Å². The number of aryl methyl sites for hydroxylation is 4. The van der Waals surface area contributed by atoms with Gasteiger partial charge in [0, 0.05) is 11.8 Å². The number of benzene rings is 2. The molecule has 4 aromatic rings. The first-order chi connectivity index (χ1) is 13.8. The van der Waals surface area contributed by atoms with Gasteiger partial charge in [-0.25, -0.2) is 9.78 Å². The third kappa shape index (κ3) is 3.33. The van der Waals surface area contributed by atoms with Crippen LogP contribution in [0.1, 0.15) is 32.9 Å². The van der Waals surface area contributed by atoms with Gasteiger partial charge in [-0.05, 0) is 56.5 Å². The van der Waals surface area contributed by atoms with Gasteiger partial charge in [-0.1, -0.05) is 35.9 Å². The standard InChI is InChI=1S/C23H22N4O2/c1-13-8-10-17(11-9-13)24-19-12-18(23(28)29)25-22-21(16(4)26-27(19)22)20-14(2)6-5-7-15(20)3/h5-12,24H,1-4H3,(H,28,29). The zero-order valence-electron chi connectivity index (χ0n) is 16.8. The number of hydrogen-bond donors (Lipinski definition) is 2. The van der Waals surface area contributed by atoms with E-state index in [1.807, 2.05) is 70.2 Å². The van der Waals surface area contributed by atoms with Crippen LogP contribution in [0.4, 0.5) is 11.5 Å². The molecule has 0 aliphatic heterocycles. The first kappa shape index (κ1) is 18.7. The number of nitrogens with zero attached hydrogens (tertiary/aromatic N) is 3. The minimum Gasteiger partial charge on any atom is -0.477 e. The molecule has 0 fully saturated rings. The molecule has 0 saturated carbocycles. The molecule has 2 aromatic carbocycles. The second kappa shape index (κ2) is 7.05. The van der Waals surface area contributed by atoms with E-state index < -0.39 is 5.97 Å². The Morgan fingerprint density at radius 3 is 2.24 bits per heavy atom. The molecule has 2 N–H and O–H groups in total. The van der Waals surface area contributed by atoms with E-state index in [0.717, 1.165) is 39.2 Å². The number of nitrogens with one attached hydrogen (secondary N) is 1. The molecule has 0 atom stereocenters. The smallest absolute Gasteiger partial charge is 0.354 e. The van der Waals surface area contributed by atoms with E-state index in [-0.39, 0.29) is 5.69 Å². The van der Waals surface area contributed by atoms with Gasteiger partial charge >= 0.3 is 5.97 Å². The molecule has 0 bridgehead atoms. The largest absolute Gasteiger partial charge is 0.477 e. The number of carboxylic acid groups (broad SMARTS) is 1. The van der Waals surface area contributed by atoms with Crippen molar-refractivity contribution in [2.75, 3.05) is 5.32 Å². The molecule has 0 saturated heterocycles. The molecule has 146 valence electrons. The number of anilines is 2. The van der Waals surface area contributed by atoms with Crippen LogP contribution in [0.15, 0.2) is 48.5 Å². The summed E-state index contributed by atoms with van der Waals surface area (Å²) in [6.07, 6.45) is 0. The number of carboxylic acids is 1. The van der Waals surface area contributed by atoms with Crippen LogP contribution in [-0.4, -0.2) is 25.7 Å². The molecular formula is C23H22N4O2. The van der Waals surface area contributed by atoms with Gasteiger partial charge in [0.2, 0.25) is 0 Å². The van der Waals surface area contributed by atoms with Gasteiger partial charge in [0.1, 0.15) is 5.82 Å². The summed E-state index contributed by atoms with van der Waals surface area (Å²) in [4.78, 5) is 16.2. The Bertz CT molecular complexity index is 1220. The quantitative estimate of drug-likeness (QED) is 0.512. The summed E-state index contributed by atoms with van der Waals surface area (Å²) in [7, 11) is 0. The summed E-state index contributed by atoms with van der Waals surface area (Å²) in [5.74, 6) is -0.525. The number of rotatable bonds is 4. The first-order valence-corrected chi connectivity index (χ1v) is 9.39. The highest BCUT2D eigenvalue weighted by atomic mass is 16.4. The van der Waals surface area contributed by atoms with E-state index in [0.29, 0.717) is 11.5 Å². The maximum atomic E-state index is 11.8. The minimum atomic E-state index is -1.08. The number of fused-ring (bicyclic) bond motifs is 1. The number of aromatic nitrogens is 3. The normalized spacial score (nSPS) is 11.0. The van der Waals surface area contributed by atoms with Gasteiger partial charge in [-0.3, -0.25) is 0 Å². The van der Waals surface area contributed by atoms with Crippen LogP contribution in [0.2, 0.25) is 0 Å². The van der Waals surface area contributed by atoms with E-state index in [4.69, 9.17) is 0 Å². The molecule has 0 spiro atoms. The monoisotopic (exact) mass is 386 g/mol. The average Bonchev–Trinajstić information content (AvgIpc) is 3.00. The zero-order valence-corrected chi connectivity index (χ0v) is 16.8. The second-order valence-corrected chi connectivity index (χ2v) is 7.29. The fourth-order valence-corrected chi connectivity index (χ4v) is 3.61. The molecule has 0 unspecified atom stereocenters. The lowest BCUT2D eigenvalue weighted by Crippen LogP contribution is -2.08. The highest BCUT2D eigenvalue weighted by molar-refractivity contribution is 5.90. The molecule has 6 nitrogen and oxygen atoms in total. The molecule has 29 heavy (non-hydrogen) atoms. The first-order valence-electron chi connectivity index (χ1n) is 9.39. The SMILES string of the molecule is Cc1ccc(Nc2cc(C(=O)O)nc3c(-c4c(C)cccc4C)c(C)nn23)cc1. The summed E-state index contributed by atoms with van der Waals surface area (Å²) >= 11 is 0. The molecule has 6 heteroatoms. The maximum absolute atomic E-state index is 11.8. The molecular weight excluding hydrogens is 364 g/mol. The lowest BCUT2D eigenvalue weighted by molar-refractivity contribution is 0.0690. The highest BCUT2D eigenvalue weighted by Crippen LogP contribution is 2.34. The van der Waals surface area contributed by atoms with Crippen molar-refractivity contribution < 1.29 is 9.90 Å². The molecule has 0 aliphatic rings. The minimum absolute atomic E-state index is 0.0282. The van der Waals surface area contributed by atoms with Crippen molar-refractivity contribution in [1.82, 2.24) is 14.6 Å². The van der Waals surface area contributed by atoms with Gasteiger partial charge in [-0.15, -0.1) is 0 Å². The van der Waals surface area contributed by atoms with E-state index >= 15 is 0 Å². The molecule has 0 aliphatic carbocycles. The zero-order chi connectivity index (χ0) is 20.7. The summed E-state index contributed by atoms with van der Waals surface area (Å²) in [6.45, 7) is 8.02. The molecule has 2 heterocycles. The number of hydrogen-bond acceptors (Lipinski definition) is 4. The Hall–Kier alpha value is -3.67. The molecule has 0 radical (unpaired) electrons. The molecule has 4 rings (SSSR count). The fraction of sp³-hybridized carbons (Fsp3) is 0.174. The number of carbonyl (C=O) groups is 1. The topological polar surface area (TPSA) is 79.5 Å². The Kier molecular flexibility index (Phi) is 4.54. The van der Waals surface area contributed by atoms with Gasteiger partial charge in [0.05, 0.1) is 11.3 Å². The predicted molar refractivity (Wildman–Crippen MR) is 114 cm³/mol. The lowest BCUT2D eigenvalue weighted by Gasteiger charge is -2.12. The van der Waals surface area contributed by atoms with E-state index in [1.54, 1.807) is 4.52 Å². The van der Waals surface area contributed by atoms with Gasteiger partial charge in [-0.2, -0.15) is 9.61 Å². The fourth-order valence-electron chi connectivity index (χ4n) is 3.61. The second-order valence-electron chi connectivity index (χ2n) is 7.29. The highest BCUT2D eigenvalue weighted by Gasteiger charge is 2.21. The predicted octanol–water partition coefficient (Wildman–Crippen LogP) is 5.07. The van der Waals surface area contributed by atoms with Crippen molar-refractivity contribution in [1.29, 1.82) is 0 Å². The molecule has 0 amide bonds. The maximum Gasteiger partial charge on any atom is 0.354 e. The Labute approximate surface area is 168 Å². The Balaban J connectivity index is 1.98. The van der Waals surface area contributed by atoms with E-state index in [1.165, 1.54) is 6.07 Å². The third-order valence-corrected chi connectivity index (χ3v) is 5.04. The van der Waals surface area contributed by atoms with Crippen molar-refractivity contribution in [3.05, 3.63) is 76.6 Å². The Morgan fingerprint density at radius 1 is 0.966 bits per heavy atom. The molecule has 2 aromatic heterocycles. The average molecular weight is 386 g/mol. The summed E-state index contributed by atoms with van der Waals surface area (Å²) in [6, 6.07) is 15.5. The Morgan fingerprint density at radius 2 is 1.62 bits per heavy atom. The van der Waals surface area contributed by atoms with Crippen molar-refractivity contribution in [3.63, 3.8) is 0 Å². The van der Waals surface area contributed by atoms with Crippen molar-refractivity contribution in [2.24, 2.45) is 0 Å². The van der Waals surface area contributed by atoms with Crippen LogP contribution in [0.5, 0.6) is 0 Å². The van der Waals surface area contributed by atoms with Crippen LogP contribution >= 0.6 is 0 Å². The van der Waals surface area contributed by atoms with Crippen LogP contribution < -0.4 is 5.32 Å². The van der Waals surface area contributed by atoms with Crippen LogP contribution in [0.3, 0.4) is 0 Å². The van der Waals surface area contributed by atoms with Gasteiger partial charge in [0.25, 0.3) is 0 Å². The van der Waals surface area contributed by atoms with Crippen LogP contribution in [0.25, 0.3) is 16.8 Å². The van der Waals surface area contributed by atoms with Crippen LogP contribution in [-0.2, 0) is 0 Å². The third-order valence-electron chi connectivity index (χ3n) is 5.04. The van der Waals surface area contributed by atoms with E-state index in [2.05, 4.69) is 15.4 Å². The van der Waals surface area contributed by atoms with Crippen LogP contribution in [0, 0.1) is 27.7 Å². The summed E-state index contributed by atoms with van der Waals surface area (Å²) in [5, 5.41) is 17.6. The van der Waals surface area contributed by atoms with Crippen molar-refractivity contribution >= 4 is 23.1 Å². The summed E-state index contributed by atoms with van der Waals surface area (Å²) < 4.78 is 1.68.